The fourth-order valence-electron chi connectivity index (χ4n) is 2.08. The largest absolute Gasteiger partial charge is 0.497 e. The molecular formula is C17H17BrO3. The van der Waals surface area contributed by atoms with Crippen LogP contribution in [0.4, 0.5) is 0 Å². The lowest BCUT2D eigenvalue weighted by Gasteiger charge is -2.06. The molecule has 0 N–H and O–H groups in total. The van der Waals surface area contributed by atoms with Crippen LogP contribution in [0.3, 0.4) is 0 Å². The minimum Gasteiger partial charge on any atom is -0.497 e. The van der Waals surface area contributed by atoms with Gasteiger partial charge in [-0.05, 0) is 51.3 Å². The number of halogens is 1. The van der Waals surface area contributed by atoms with E-state index < -0.39 is 0 Å². The number of Topliss-reactive ketones (excluding diaryl/α,β-unsaturated/α-hetero) is 1. The van der Waals surface area contributed by atoms with Crippen LogP contribution in [-0.2, 0) is 17.6 Å². The molecule has 0 amide bonds. The van der Waals surface area contributed by atoms with Crippen molar-refractivity contribution in [2.75, 3.05) is 14.2 Å². The van der Waals surface area contributed by atoms with Crippen molar-refractivity contribution in [3.05, 3.63) is 58.1 Å². The Balaban J connectivity index is 1.99. The van der Waals surface area contributed by atoms with Crippen LogP contribution in [0.15, 0.2) is 46.9 Å². The summed E-state index contributed by atoms with van der Waals surface area (Å²) in [6, 6.07) is 13.3. The molecule has 4 heteroatoms. The molecule has 21 heavy (non-hydrogen) atoms. The van der Waals surface area contributed by atoms with Gasteiger partial charge in [0.1, 0.15) is 17.3 Å². The van der Waals surface area contributed by atoms with E-state index in [0.29, 0.717) is 12.8 Å². The molecule has 0 atom stereocenters. The van der Waals surface area contributed by atoms with Gasteiger partial charge in [0.25, 0.3) is 0 Å². The van der Waals surface area contributed by atoms with E-state index in [2.05, 4.69) is 15.9 Å². The number of benzene rings is 2. The molecule has 0 bridgehead atoms. The van der Waals surface area contributed by atoms with Crippen LogP contribution in [0.5, 0.6) is 11.5 Å². The van der Waals surface area contributed by atoms with Crippen LogP contribution < -0.4 is 9.47 Å². The SMILES string of the molecule is COc1ccc(CC(=O)Cc2ccc(OC)c(Br)c2)cc1. The van der Waals surface area contributed by atoms with Crippen LogP contribution in [0.1, 0.15) is 11.1 Å². The zero-order valence-corrected chi connectivity index (χ0v) is 13.6. The van der Waals surface area contributed by atoms with E-state index in [1.807, 2.05) is 42.5 Å². The topological polar surface area (TPSA) is 35.5 Å². The zero-order valence-electron chi connectivity index (χ0n) is 12.1. The molecule has 0 saturated heterocycles. The molecule has 0 radical (unpaired) electrons. The number of carbonyl (C=O) groups excluding carboxylic acids is 1. The summed E-state index contributed by atoms with van der Waals surface area (Å²) < 4.78 is 11.1. The fraction of sp³-hybridized carbons (Fsp3) is 0.235. The average Bonchev–Trinajstić information content (AvgIpc) is 2.48. The Morgan fingerprint density at radius 2 is 1.57 bits per heavy atom. The summed E-state index contributed by atoms with van der Waals surface area (Å²) in [6.07, 6.45) is 0.836. The maximum absolute atomic E-state index is 12.1. The maximum atomic E-state index is 12.1. The van der Waals surface area contributed by atoms with Gasteiger partial charge >= 0.3 is 0 Å². The molecule has 3 nitrogen and oxygen atoms in total. The van der Waals surface area contributed by atoms with Crippen LogP contribution in [0.2, 0.25) is 0 Å². The number of ketones is 1. The van der Waals surface area contributed by atoms with Crippen LogP contribution in [0.25, 0.3) is 0 Å². The Labute approximate surface area is 133 Å². The highest BCUT2D eigenvalue weighted by Gasteiger charge is 2.08. The number of methoxy groups -OCH3 is 2. The smallest absolute Gasteiger partial charge is 0.141 e. The Kier molecular flexibility index (Phi) is 5.39. The third kappa shape index (κ3) is 4.33. The number of carbonyl (C=O) groups is 1. The van der Waals surface area contributed by atoms with E-state index in [1.165, 1.54) is 0 Å². The van der Waals surface area contributed by atoms with E-state index >= 15 is 0 Å². The predicted molar refractivity (Wildman–Crippen MR) is 86.1 cm³/mol. The first-order valence-corrected chi connectivity index (χ1v) is 7.38. The normalized spacial score (nSPS) is 10.2. The number of rotatable bonds is 6. The van der Waals surface area contributed by atoms with Gasteiger partial charge in [-0.15, -0.1) is 0 Å². The lowest BCUT2D eigenvalue weighted by atomic mass is 10.0. The Morgan fingerprint density at radius 1 is 0.952 bits per heavy atom. The Bertz CT molecular complexity index is 620. The number of hydrogen-bond acceptors (Lipinski definition) is 3. The Morgan fingerprint density at radius 3 is 2.14 bits per heavy atom. The van der Waals surface area contributed by atoms with Gasteiger partial charge in [0, 0.05) is 12.8 Å². The molecule has 0 aliphatic heterocycles. The van der Waals surface area contributed by atoms with Crippen LogP contribution in [0, 0.1) is 0 Å². The van der Waals surface area contributed by atoms with Crippen LogP contribution >= 0.6 is 15.9 Å². The minimum atomic E-state index is 0.178. The van der Waals surface area contributed by atoms with Gasteiger partial charge in [-0.25, -0.2) is 0 Å². The highest BCUT2D eigenvalue weighted by Crippen LogP contribution is 2.25. The monoisotopic (exact) mass is 348 g/mol. The lowest BCUT2D eigenvalue weighted by molar-refractivity contribution is -0.117. The molecular weight excluding hydrogens is 332 g/mol. The summed E-state index contributed by atoms with van der Waals surface area (Å²) in [5.41, 5.74) is 1.97. The highest BCUT2D eigenvalue weighted by molar-refractivity contribution is 9.10. The van der Waals surface area contributed by atoms with E-state index in [4.69, 9.17) is 9.47 Å². The predicted octanol–water partition coefficient (Wildman–Crippen LogP) is 3.82. The molecule has 0 aliphatic rings. The number of hydrogen-bond donors (Lipinski definition) is 0. The summed E-state index contributed by atoms with van der Waals surface area (Å²) in [4.78, 5) is 12.1. The summed E-state index contributed by atoms with van der Waals surface area (Å²) in [7, 11) is 3.25. The third-order valence-electron chi connectivity index (χ3n) is 3.18. The highest BCUT2D eigenvalue weighted by atomic mass is 79.9. The minimum absolute atomic E-state index is 0.178. The molecule has 0 saturated carbocycles. The first-order valence-electron chi connectivity index (χ1n) is 6.59. The second-order valence-corrected chi connectivity index (χ2v) is 5.56. The molecule has 0 aromatic heterocycles. The summed E-state index contributed by atoms with van der Waals surface area (Å²) in [5.74, 6) is 1.74. The van der Waals surface area contributed by atoms with Crippen molar-refractivity contribution in [1.82, 2.24) is 0 Å². The molecule has 0 aliphatic carbocycles. The molecule has 2 rings (SSSR count). The van der Waals surface area contributed by atoms with Crippen molar-refractivity contribution in [1.29, 1.82) is 0 Å². The van der Waals surface area contributed by atoms with Gasteiger partial charge in [-0.1, -0.05) is 18.2 Å². The van der Waals surface area contributed by atoms with Crippen molar-refractivity contribution in [2.45, 2.75) is 12.8 Å². The quantitative estimate of drug-likeness (QED) is 0.795. The molecule has 110 valence electrons. The molecule has 2 aromatic rings. The average molecular weight is 349 g/mol. The fourth-order valence-corrected chi connectivity index (χ4v) is 2.67. The van der Waals surface area contributed by atoms with Crippen molar-refractivity contribution in [3.63, 3.8) is 0 Å². The van der Waals surface area contributed by atoms with Gasteiger partial charge in [0.05, 0.1) is 18.7 Å². The summed E-state index contributed by atoms with van der Waals surface area (Å²) >= 11 is 3.43. The molecule has 0 heterocycles. The van der Waals surface area contributed by atoms with Crippen molar-refractivity contribution >= 4 is 21.7 Å². The van der Waals surface area contributed by atoms with Gasteiger partial charge in [-0.2, -0.15) is 0 Å². The summed E-state index contributed by atoms with van der Waals surface area (Å²) in [6.45, 7) is 0. The van der Waals surface area contributed by atoms with E-state index in [-0.39, 0.29) is 5.78 Å². The van der Waals surface area contributed by atoms with Crippen molar-refractivity contribution in [3.8, 4) is 11.5 Å². The zero-order chi connectivity index (χ0) is 15.2. The Hall–Kier alpha value is -1.81. The van der Waals surface area contributed by atoms with E-state index in [0.717, 1.165) is 27.1 Å². The summed E-state index contributed by atoms with van der Waals surface area (Å²) in [5, 5.41) is 0. The first kappa shape index (κ1) is 15.6. The van der Waals surface area contributed by atoms with E-state index in [9.17, 15) is 4.79 Å². The standard InChI is InChI=1S/C17H17BrO3/c1-20-15-6-3-12(4-7-15)9-14(19)10-13-5-8-17(21-2)16(18)11-13/h3-8,11H,9-10H2,1-2H3. The number of ether oxygens (including phenoxy) is 2. The van der Waals surface area contributed by atoms with Crippen molar-refractivity contribution < 1.29 is 14.3 Å². The van der Waals surface area contributed by atoms with E-state index in [1.54, 1.807) is 14.2 Å². The molecule has 0 fully saturated rings. The molecule has 2 aromatic carbocycles. The molecule has 0 unspecified atom stereocenters. The van der Waals surface area contributed by atoms with Gasteiger partial charge < -0.3 is 9.47 Å². The molecule has 0 spiro atoms. The first-order chi connectivity index (χ1) is 10.1. The van der Waals surface area contributed by atoms with Crippen LogP contribution in [-0.4, -0.2) is 20.0 Å². The maximum Gasteiger partial charge on any atom is 0.141 e. The third-order valence-corrected chi connectivity index (χ3v) is 3.80. The second kappa shape index (κ2) is 7.27. The lowest BCUT2D eigenvalue weighted by Crippen LogP contribution is -2.06. The van der Waals surface area contributed by atoms with Gasteiger partial charge in [0.15, 0.2) is 0 Å². The van der Waals surface area contributed by atoms with Gasteiger partial charge in [-0.3, -0.25) is 4.79 Å². The second-order valence-electron chi connectivity index (χ2n) is 4.71. The van der Waals surface area contributed by atoms with Crippen molar-refractivity contribution in [2.24, 2.45) is 0 Å². The van der Waals surface area contributed by atoms with Gasteiger partial charge in [0.2, 0.25) is 0 Å².